The largest absolute Gasteiger partial charge is 0.257 e. The highest BCUT2D eigenvalue weighted by Gasteiger charge is 2.21. The number of thiophene rings is 1. The van der Waals surface area contributed by atoms with Gasteiger partial charge in [-0.1, -0.05) is 5.92 Å². The van der Waals surface area contributed by atoms with Crippen LogP contribution in [0.5, 0.6) is 0 Å². The summed E-state index contributed by atoms with van der Waals surface area (Å²) in [7, 11) is 0. The summed E-state index contributed by atoms with van der Waals surface area (Å²) in [5.41, 5.74) is 5.08. The SMILES string of the molecule is C#CCn1nc(-c2ccsc2)c2c1CCSC2. The Bertz CT molecular complexity index is 561. The van der Waals surface area contributed by atoms with E-state index in [0.717, 1.165) is 17.9 Å². The van der Waals surface area contributed by atoms with Crippen LogP contribution in [0.2, 0.25) is 0 Å². The second-order valence-corrected chi connectivity index (χ2v) is 5.84. The van der Waals surface area contributed by atoms with Crippen LogP contribution in [0.15, 0.2) is 16.8 Å². The summed E-state index contributed by atoms with van der Waals surface area (Å²) in [6, 6.07) is 2.13. The smallest absolute Gasteiger partial charge is 0.102 e. The van der Waals surface area contributed by atoms with Crippen LogP contribution in [-0.2, 0) is 18.7 Å². The number of hydrogen-bond donors (Lipinski definition) is 0. The van der Waals surface area contributed by atoms with E-state index in [1.54, 1.807) is 11.3 Å². The average Bonchev–Trinajstić information content (AvgIpc) is 2.97. The fourth-order valence-corrected chi connectivity index (χ4v) is 3.79. The lowest BCUT2D eigenvalue weighted by molar-refractivity contribution is 0.674. The minimum atomic E-state index is 0.580. The van der Waals surface area contributed by atoms with E-state index in [4.69, 9.17) is 11.5 Å². The summed E-state index contributed by atoms with van der Waals surface area (Å²) < 4.78 is 2.00. The summed E-state index contributed by atoms with van der Waals surface area (Å²) in [6.07, 6.45) is 6.49. The highest BCUT2D eigenvalue weighted by atomic mass is 32.2. The first-order valence-electron chi connectivity index (χ1n) is 5.52. The molecule has 0 atom stereocenters. The van der Waals surface area contributed by atoms with Crippen molar-refractivity contribution in [2.75, 3.05) is 5.75 Å². The van der Waals surface area contributed by atoms with Crippen molar-refractivity contribution in [2.24, 2.45) is 0 Å². The van der Waals surface area contributed by atoms with Crippen LogP contribution in [0.4, 0.5) is 0 Å². The van der Waals surface area contributed by atoms with Crippen LogP contribution in [0.1, 0.15) is 11.3 Å². The number of hydrogen-bond acceptors (Lipinski definition) is 3. The molecule has 2 aromatic heterocycles. The van der Waals surface area contributed by atoms with Crippen molar-refractivity contribution >= 4 is 23.1 Å². The number of thioether (sulfide) groups is 1. The maximum atomic E-state index is 5.41. The molecule has 4 heteroatoms. The van der Waals surface area contributed by atoms with E-state index in [1.807, 2.05) is 16.4 Å². The summed E-state index contributed by atoms with van der Waals surface area (Å²) in [6.45, 7) is 0.580. The molecule has 0 fully saturated rings. The zero-order chi connectivity index (χ0) is 11.7. The maximum absolute atomic E-state index is 5.41. The van der Waals surface area contributed by atoms with E-state index >= 15 is 0 Å². The Hall–Kier alpha value is -1.18. The number of nitrogens with zero attached hydrogens (tertiary/aromatic N) is 2. The topological polar surface area (TPSA) is 17.8 Å². The van der Waals surface area contributed by atoms with Gasteiger partial charge in [0.05, 0.1) is 5.69 Å². The second kappa shape index (κ2) is 4.59. The molecule has 3 rings (SSSR count). The van der Waals surface area contributed by atoms with Gasteiger partial charge < -0.3 is 0 Å². The lowest BCUT2D eigenvalue weighted by Crippen LogP contribution is -2.08. The molecule has 0 N–H and O–H groups in total. The van der Waals surface area contributed by atoms with Crippen molar-refractivity contribution in [2.45, 2.75) is 18.7 Å². The van der Waals surface area contributed by atoms with Crippen molar-refractivity contribution in [3.8, 4) is 23.6 Å². The minimum Gasteiger partial charge on any atom is -0.257 e. The van der Waals surface area contributed by atoms with E-state index in [0.29, 0.717) is 6.54 Å². The molecule has 1 aliphatic rings. The Morgan fingerprint density at radius 1 is 1.53 bits per heavy atom. The fourth-order valence-electron chi connectivity index (χ4n) is 2.16. The molecular weight excluding hydrogens is 248 g/mol. The summed E-state index contributed by atoms with van der Waals surface area (Å²) in [4.78, 5) is 0. The van der Waals surface area contributed by atoms with Crippen LogP contribution in [0.3, 0.4) is 0 Å². The molecular formula is C13H12N2S2. The first-order valence-corrected chi connectivity index (χ1v) is 7.62. The quantitative estimate of drug-likeness (QED) is 0.772. The number of terminal acetylenes is 1. The van der Waals surface area contributed by atoms with E-state index in [1.165, 1.54) is 22.6 Å². The Labute approximate surface area is 109 Å². The molecule has 0 unspecified atom stereocenters. The van der Waals surface area contributed by atoms with Gasteiger partial charge in [-0.3, -0.25) is 4.68 Å². The van der Waals surface area contributed by atoms with E-state index < -0.39 is 0 Å². The maximum Gasteiger partial charge on any atom is 0.102 e. The zero-order valence-electron chi connectivity index (χ0n) is 9.35. The highest BCUT2D eigenvalue weighted by Crippen LogP contribution is 2.33. The molecule has 0 radical (unpaired) electrons. The normalized spacial score (nSPS) is 14.3. The van der Waals surface area contributed by atoms with Gasteiger partial charge in [-0.15, -0.1) is 6.42 Å². The molecule has 0 saturated heterocycles. The van der Waals surface area contributed by atoms with Gasteiger partial charge in [0.2, 0.25) is 0 Å². The lowest BCUT2D eigenvalue weighted by atomic mass is 10.1. The van der Waals surface area contributed by atoms with Gasteiger partial charge in [0.1, 0.15) is 6.54 Å². The molecule has 0 spiro atoms. The third-order valence-corrected chi connectivity index (χ3v) is 4.60. The zero-order valence-corrected chi connectivity index (χ0v) is 11.0. The molecule has 86 valence electrons. The number of aromatic nitrogens is 2. The summed E-state index contributed by atoms with van der Waals surface area (Å²) in [5.74, 6) is 4.92. The lowest BCUT2D eigenvalue weighted by Gasteiger charge is -2.12. The first-order chi connectivity index (χ1) is 8.40. The molecule has 1 aliphatic heterocycles. The Morgan fingerprint density at radius 2 is 2.47 bits per heavy atom. The minimum absolute atomic E-state index is 0.580. The van der Waals surface area contributed by atoms with Crippen LogP contribution in [-0.4, -0.2) is 15.5 Å². The molecule has 0 aromatic carbocycles. The van der Waals surface area contributed by atoms with Gasteiger partial charge >= 0.3 is 0 Å². The van der Waals surface area contributed by atoms with Crippen LogP contribution < -0.4 is 0 Å². The third kappa shape index (κ3) is 1.90. The third-order valence-electron chi connectivity index (χ3n) is 2.93. The average molecular weight is 260 g/mol. The predicted molar refractivity (Wildman–Crippen MR) is 74.2 cm³/mol. The fraction of sp³-hybridized carbons (Fsp3) is 0.308. The van der Waals surface area contributed by atoms with Crippen molar-refractivity contribution in [3.63, 3.8) is 0 Å². The van der Waals surface area contributed by atoms with Crippen molar-refractivity contribution < 1.29 is 0 Å². The monoisotopic (exact) mass is 260 g/mol. The van der Waals surface area contributed by atoms with E-state index in [-0.39, 0.29) is 0 Å². The molecule has 0 amide bonds. The molecule has 17 heavy (non-hydrogen) atoms. The summed E-state index contributed by atoms with van der Waals surface area (Å²) >= 11 is 3.69. The van der Waals surface area contributed by atoms with Crippen molar-refractivity contribution in [3.05, 3.63) is 28.1 Å². The van der Waals surface area contributed by atoms with Crippen molar-refractivity contribution in [1.82, 2.24) is 9.78 Å². The Morgan fingerprint density at radius 3 is 3.24 bits per heavy atom. The van der Waals surface area contributed by atoms with Gasteiger partial charge in [0, 0.05) is 28.0 Å². The molecule has 2 nitrogen and oxygen atoms in total. The Kier molecular flexibility index (Phi) is 2.96. The highest BCUT2D eigenvalue weighted by molar-refractivity contribution is 7.98. The van der Waals surface area contributed by atoms with Gasteiger partial charge in [-0.2, -0.15) is 28.2 Å². The number of rotatable bonds is 2. The number of fused-ring (bicyclic) bond motifs is 1. The predicted octanol–water partition coefficient (Wildman–Crippen LogP) is 3.03. The van der Waals surface area contributed by atoms with Gasteiger partial charge in [-0.05, 0) is 23.6 Å². The molecule has 2 aromatic rings. The first kappa shape index (κ1) is 10.9. The molecule has 0 saturated carbocycles. The van der Waals surface area contributed by atoms with Crippen LogP contribution >= 0.6 is 23.1 Å². The Balaban J connectivity index is 2.13. The van der Waals surface area contributed by atoms with Crippen LogP contribution in [0.25, 0.3) is 11.3 Å². The van der Waals surface area contributed by atoms with Crippen molar-refractivity contribution in [1.29, 1.82) is 0 Å². The van der Waals surface area contributed by atoms with Crippen LogP contribution in [0, 0.1) is 12.3 Å². The molecule has 0 aliphatic carbocycles. The summed E-state index contributed by atoms with van der Waals surface area (Å²) in [5, 5.41) is 8.94. The second-order valence-electron chi connectivity index (χ2n) is 3.95. The standard InChI is InChI=1S/C13H12N2S2/c1-2-5-15-12-4-7-17-9-11(12)13(14-15)10-3-6-16-8-10/h1,3,6,8H,4-5,7,9H2. The molecule has 3 heterocycles. The molecule has 0 bridgehead atoms. The van der Waals surface area contributed by atoms with Gasteiger partial charge in [-0.25, -0.2) is 0 Å². The van der Waals surface area contributed by atoms with E-state index in [9.17, 15) is 0 Å². The van der Waals surface area contributed by atoms with Gasteiger partial charge in [0.25, 0.3) is 0 Å². The van der Waals surface area contributed by atoms with E-state index in [2.05, 4.69) is 22.7 Å². The van der Waals surface area contributed by atoms with Gasteiger partial charge in [0.15, 0.2) is 0 Å².